The second-order valence-electron chi connectivity index (χ2n) is 14.4. The van der Waals surface area contributed by atoms with E-state index in [9.17, 15) is 0 Å². The van der Waals surface area contributed by atoms with Crippen molar-refractivity contribution < 1.29 is 0 Å². The van der Waals surface area contributed by atoms with Gasteiger partial charge in [0.1, 0.15) is 0 Å². The van der Waals surface area contributed by atoms with Crippen LogP contribution in [0.4, 0.5) is 11.4 Å². The summed E-state index contributed by atoms with van der Waals surface area (Å²) in [4.78, 5) is 17.6. The molecule has 274 valence electrons. The highest BCUT2D eigenvalue weighted by atomic mass is 32.1. The molecule has 0 N–H and O–H groups in total. The van der Waals surface area contributed by atoms with Crippen molar-refractivity contribution in [1.29, 1.82) is 0 Å². The standard InChI is InChI=1S/C52H35N5S/c1-34-19-6-5-17-32-56(39-27-18-24-37(33-39)52-54-50(35-20-7-2-8-21-35)53-51(55-52)36-22-9-3-10-23-36)47-44(34)49-46(41-29-14-16-31-43(41)58-49)45-40-28-13-15-30-42(40)57(48(45)47)38-25-11-4-12-26-38/h2-31,33H,1,32H2/b17-5-,19-6-. The summed E-state index contributed by atoms with van der Waals surface area (Å²) in [5.74, 6) is 1.88. The third-order valence-corrected chi connectivity index (χ3v) is 12.2. The van der Waals surface area contributed by atoms with Gasteiger partial charge in [-0.25, -0.2) is 15.0 Å². The van der Waals surface area contributed by atoms with Crippen LogP contribution in [0.5, 0.6) is 0 Å². The first-order chi connectivity index (χ1) is 28.7. The zero-order valence-corrected chi connectivity index (χ0v) is 32.3. The molecule has 1 aliphatic rings. The lowest BCUT2D eigenvalue weighted by molar-refractivity contribution is 1.07. The first-order valence-corrected chi connectivity index (χ1v) is 20.3. The molecule has 4 heterocycles. The number of para-hydroxylation sites is 2. The van der Waals surface area contributed by atoms with E-state index < -0.39 is 0 Å². The van der Waals surface area contributed by atoms with Gasteiger partial charge in [-0.2, -0.15) is 0 Å². The van der Waals surface area contributed by atoms with Crippen LogP contribution in [-0.2, 0) is 0 Å². The molecule has 11 rings (SSSR count). The summed E-state index contributed by atoms with van der Waals surface area (Å²) in [6.07, 6.45) is 8.63. The molecule has 0 amide bonds. The number of nitrogens with zero attached hydrogens (tertiary/aromatic N) is 5. The molecule has 58 heavy (non-hydrogen) atoms. The highest BCUT2D eigenvalue weighted by molar-refractivity contribution is 7.26. The Morgan fingerprint density at radius 3 is 1.84 bits per heavy atom. The molecule has 0 aliphatic carbocycles. The van der Waals surface area contributed by atoms with Crippen LogP contribution in [0.2, 0.25) is 0 Å². The molecule has 6 heteroatoms. The number of allylic oxidation sites excluding steroid dienone is 4. The van der Waals surface area contributed by atoms with Gasteiger partial charge in [-0.1, -0.05) is 158 Å². The maximum Gasteiger partial charge on any atom is 0.164 e. The molecule has 0 saturated carbocycles. The average molecular weight is 762 g/mol. The molecule has 0 saturated heterocycles. The Bertz CT molecular complexity index is 3210. The Hall–Kier alpha value is -7.41. The number of hydrogen-bond donors (Lipinski definition) is 0. The van der Waals surface area contributed by atoms with Crippen LogP contribution in [0.3, 0.4) is 0 Å². The first-order valence-electron chi connectivity index (χ1n) is 19.4. The van der Waals surface area contributed by atoms with Crippen LogP contribution in [0.25, 0.3) is 87.4 Å². The van der Waals surface area contributed by atoms with Crippen LogP contribution in [0.15, 0.2) is 195 Å². The predicted molar refractivity (Wildman–Crippen MR) is 244 cm³/mol. The molecule has 7 aromatic carbocycles. The molecule has 0 fully saturated rings. The van der Waals surface area contributed by atoms with E-state index in [1.807, 2.05) is 72.0 Å². The van der Waals surface area contributed by atoms with E-state index in [1.165, 1.54) is 30.9 Å². The number of thiophene rings is 1. The third-order valence-electron chi connectivity index (χ3n) is 11.0. The summed E-state index contributed by atoms with van der Waals surface area (Å²) < 4.78 is 4.94. The lowest BCUT2D eigenvalue weighted by Gasteiger charge is -2.29. The average Bonchev–Trinajstić information content (AvgIpc) is 3.86. The van der Waals surface area contributed by atoms with Gasteiger partial charge >= 0.3 is 0 Å². The molecule has 0 radical (unpaired) electrons. The van der Waals surface area contributed by atoms with E-state index in [2.05, 4.69) is 137 Å². The molecule has 0 spiro atoms. The first kappa shape index (κ1) is 33.9. The fraction of sp³-hybridized carbons (Fsp3) is 0.0192. The van der Waals surface area contributed by atoms with Gasteiger partial charge in [-0.15, -0.1) is 11.3 Å². The highest BCUT2D eigenvalue weighted by Gasteiger charge is 2.29. The maximum absolute atomic E-state index is 5.11. The minimum atomic E-state index is 0.615. The number of anilines is 2. The number of rotatable bonds is 5. The summed E-state index contributed by atoms with van der Waals surface area (Å²) in [5, 5.41) is 4.98. The van der Waals surface area contributed by atoms with Crippen molar-refractivity contribution in [2.24, 2.45) is 0 Å². The van der Waals surface area contributed by atoms with Crippen molar-refractivity contribution in [3.8, 4) is 39.9 Å². The summed E-state index contributed by atoms with van der Waals surface area (Å²) >= 11 is 1.85. The Labute approximate surface area is 339 Å². The SMILES string of the molecule is C=C1/C=C\C=C/CN(c2cccc(-c3nc(-c4ccccc4)nc(-c4ccccc4)n3)c2)c2c1c1sc3ccccc3c1c1c3ccccc3n(-c3ccccc3)c21. The largest absolute Gasteiger partial charge is 0.335 e. The van der Waals surface area contributed by atoms with Gasteiger partial charge < -0.3 is 9.47 Å². The normalized spacial score (nSPS) is 14.1. The van der Waals surface area contributed by atoms with Crippen molar-refractivity contribution in [2.45, 2.75) is 0 Å². The number of fused-ring (bicyclic) bond motifs is 10. The molecule has 10 aromatic rings. The molecule has 5 nitrogen and oxygen atoms in total. The van der Waals surface area contributed by atoms with Gasteiger partial charge in [0.15, 0.2) is 17.5 Å². The Morgan fingerprint density at radius 2 is 1.12 bits per heavy atom. The van der Waals surface area contributed by atoms with Crippen LogP contribution in [-0.4, -0.2) is 26.1 Å². The number of aromatic nitrogens is 4. The zero-order chi connectivity index (χ0) is 38.6. The molecule has 0 atom stereocenters. The van der Waals surface area contributed by atoms with Gasteiger partial charge in [0, 0.05) is 71.1 Å². The summed E-state index contributed by atoms with van der Waals surface area (Å²) in [7, 11) is 0. The van der Waals surface area contributed by atoms with Crippen LogP contribution in [0, 0.1) is 0 Å². The summed E-state index contributed by atoms with van der Waals surface area (Å²) in [6, 6.07) is 57.3. The quantitative estimate of drug-likeness (QED) is 0.175. The smallest absolute Gasteiger partial charge is 0.164 e. The Kier molecular flexibility index (Phi) is 8.15. The summed E-state index contributed by atoms with van der Waals surface area (Å²) in [5.41, 5.74) is 10.4. The fourth-order valence-electron chi connectivity index (χ4n) is 8.40. The van der Waals surface area contributed by atoms with Crippen molar-refractivity contribution in [3.63, 3.8) is 0 Å². The molecule has 0 bridgehead atoms. The van der Waals surface area contributed by atoms with Gasteiger partial charge in [0.2, 0.25) is 0 Å². The number of hydrogen-bond acceptors (Lipinski definition) is 5. The van der Waals surface area contributed by atoms with Crippen molar-refractivity contribution in [1.82, 2.24) is 19.5 Å². The topological polar surface area (TPSA) is 46.8 Å². The molecule has 1 aliphatic heterocycles. The monoisotopic (exact) mass is 761 g/mol. The highest BCUT2D eigenvalue weighted by Crippen LogP contribution is 2.53. The van der Waals surface area contributed by atoms with Gasteiger partial charge in [-0.3, -0.25) is 0 Å². The minimum absolute atomic E-state index is 0.615. The Balaban J connectivity index is 1.23. The van der Waals surface area contributed by atoms with E-state index in [0.717, 1.165) is 55.9 Å². The zero-order valence-electron chi connectivity index (χ0n) is 31.5. The Morgan fingerprint density at radius 1 is 0.534 bits per heavy atom. The molecule has 3 aromatic heterocycles. The van der Waals surface area contributed by atoms with Crippen LogP contribution in [0.1, 0.15) is 5.56 Å². The van der Waals surface area contributed by atoms with Gasteiger partial charge in [0.25, 0.3) is 0 Å². The van der Waals surface area contributed by atoms with Crippen LogP contribution < -0.4 is 4.90 Å². The summed E-state index contributed by atoms with van der Waals surface area (Å²) in [6.45, 7) is 5.40. The second kappa shape index (κ2) is 14.0. The lowest BCUT2D eigenvalue weighted by atomic mass is 9.95. The van der Waals surface area contributed by atoms with E-state index in [-0.39, 0.29) is 0 Å². The van der Waals surface area contributed by atoms with Crippen molar-refractivity contribution in [2.75, 3.05) is 11.4 Å². The van der Waals surface area contributed by atoms with Crippen molar-refractivity contribution in [3.05, 3.63) is 200 Å². The van der Waals surface area contributed by atoms with Gasteiger partial charge in [-0.05, 0) is 42.0 Å². The van der Waals surface area contributed by atoms with E-state index in [4.69, 9.17) is 21.5 Å². The number of benzene rings is 7. The van der Waals surface area contributed by atoms with E-state index >= 15 is 0 Å². The minimum Gasteiger partial charge on any atom is -0.335 e. The van der Waals surface area contributed by atoms with Crippen molar-refractivity contribution >= 4 is 70.3 Å². The van der Waals surface area contributed by atoms with Gasteiger partial charge in [0.05, 0.1) is 16.7 Å². The predicted octanol–water partition coefficient (Wildman–Crippen LogP) is 13.6. The maximum atomic E-state index is 5.11. The molecule has 0 unspecified atom stereocenters. The fourth-order valence-corrected chi connectivity index (χ4v) is 9.69. The van der Waals surface area contributed by atoms with E-state index in [1.54, 1.807) is 0 Å². The van der Waals surface area contributed by atoms with E-state index in [0.29, 0.717) is 24.0 Å². The molecular weight excluding hydrogens is 727 g/mol. The molecular formula is C52H35N5S. The van der Waals surface area contributed by atoms with Crippen LogP contribution >= 0.6 is 11.3 Å². The third kappa shape index (κ3) is 5.57. The lowest BCUT2D eigenvalue weighted by Crippen LogP contribution is -2.19. The second-order valence-corrected chi connectivity index (χ2v) is 15.5.